The number of benzene rings is 2. The molecule has 0 atom stereocenters. The average Bonchev–Trinajstić information content (AvgIpc) is 2.76. The van der Waals surface area contributed by atoms with E-state index < -0.39 is 0 Å². The molecule has 0 aliphatic carbocycles. The van der Waals surface area contributed by atoms with Gasteiger partial charge in [-0.2, -0.15) is 0 Å². The minimum absolute atomic E-state index is 0.00491. The van der Waals surface area contributed by atoms with Gasteiger partial charge < -0.3 is 10.5 Å². The van der Waals surface area contributed by atoms with Crippen LogP contribution in [0, 0.1) is 6.92 Å². The molecule has 108 valence electrons. The van der Waals surface area contributed by atoms with Crippen LogP contribution in [0.4, 0.5) is 5.69 Å². The molecule has 21 heavy (non-hydrogen) atoms. The smallest absolute Gasteiger partial charge is 0.193 e. The molecule has 0 saturated heterocycles. The van der Waals surface area contributed by atoms with Crippen LogP contribution in [0.5, 0.6) is 5.75 Å². The highest BCUT2D eigenvalue weighted by molar-refractivity contribution is 6.10. The summed E-state index contributed by atoms with van der Waals surface area (Å²) in [5, 5.41) is 0. The SMILES string of the molecule is Cc1ccc(N)cc1C(=O)c1ccc2c(c1)C(C)(C)CO2. The lowest BCUT2D eigenvalue weighted by molar-refractivity contribution is 0.103. The minimum Gasteiger partial charge on any atom is -0.492 e. The fourth-order valence-electron chi connectivity index (χ4n) is 2.70. The molecule has 3 heteroatoms. The van der Waals surface area contributed by atoms with Gasteiger partial charge in [0.2, 0.25) is 0 Å². The van der Waals surface area contributed by atoms with Crippen LogP contribution >= 0.6 is 0 Å². The number of hydrogen-bond donors (Lipinski definition) is 1. The number of fused-ring (bicyclic) bond motifs is 1. The largest absolute Gasteiger partial charge is 0.492 e. The number of carbonyl (C=O) groups is 1. The Morgan fingerprint density at radius 3 is 2.71 bits per heavy atom. The predicted octanol–water partition coefficient (Wildman–Crippen LogP) is 3.48. The molecule has 3 rings (SSSR count). The van der Waals surface area contributed by atoms with E-state index >= 15 is 0 Å². The molecule has 0 spiro atoms. The highest BCUT2D eigenvalue weighted by Gasteiger charge is 2.32. The zero-order valence-electron chi connectivity index (χ0n) is 12.6. The Morgan fingerprint density at radius 2 is 1.95 bits per heavy atom. The summed E-state index contributed by atoms with van der Waals surface area (Å²) in [6, 6.07) is 11.1. The van der Waals surface area contributed by atoms with E-state index in [-0.39, 0.29) is 11.2 Å². The van der Waals surface area contributed by atoms with E-state index in [0.29, 0.717) is 23.4 Å². The van der Waals surface area contributed by atoms with Gasteiger partial charge in [0.1, 0.15) is 5.75 Å². The topological polar surface area (TPSA) is 52.3 Å². The molecule has 2 aromatic rings. The second-order valence-electron chi connectivity index (χ2n) is 6.29. The highest BCUT2D eigenvalue weighted by Crippen LogP contribution is 2.39. The Kier molecular flexibility index (Phi) is 3.01. The van der Waals surface area contributed by atoms with Crippen LogP contribution in [0.1, 0.15) is 40.9 Å². The van der Waals surface area contributed by atoms with Crippen molar-refractivity contribution in [3.8, 4) is 5.75 Å². The maximum Gasteiger partial charge on any atom is 0.193 e. The third kappa shape index (κ3) is 2.29. The molecule has 1 heterocycles. The lowest BCUT2D eigenvalue weighted by Crippen LogP contribution is -2.18. The zero-order valence-corrected chi connectivity index (χ0v) is 12.6. The third-order valence-corrected chi connectivity index (χ3v) is 4.07. The lowest BCUT2D eigenvalue weighted by Gasteiger charge is -2.16. The summed E-state index contributed by atoms with van der Waals surface area (Å²) in [6.45, 7) is 6.82. The number of aryl methyl sites for hydroxylation is 1. The van der Waals surface area contributed by atoms with Gasteiger partial charge >= 0.3 is 0 Å². The summed E-state index contributed by atoms with van der Waals surface area (Å²) in [4.78, 5) is 12.7. The van der Waals surface area contributed by atoms with Crippen LogP contribution in [-0.2, 0) is 5.41 Å². The second kappa shape index (κ2) is 4.62. The van der Waals surface area contributed by atoms with Crippen LogP contribution in [0.2, 0.25) is 0 Å². The molecule has 0 radical (unpaired) electrons. The minimum atomic E-state index is -0.0591. The van der Waals surface area contributed by atoms with Crippen molar-refractivity contribution >= 4 is 11.5 Å². The van der Waals surface area contributed by atoms with Crippen molar-refractivity contribution in [3.05, 3.63) is 58.7 Å². The molecule has 0 unspecified atom stereocenters. The molecule has 3 nitrogen and oxygen atoms in total. The molecule has 2 N–H and O–H groups in total. The standard InChI is InChI=1S/C18H19NO2/c1-11-4-6-13(19)9-14(11)17(20)12-5-7-16-15(8-12)18(2,3)10-21-16/h4-9H,10,19H2,1-3H3. The highest BCUT2D eigenvalue weighted by atomic mass is 16.5. The predicted molar refractivity (Wildman–Crippen MR) is 84.0 cm³/mol. The van der Waals surface area contributed by atoms with Gasteiger partial charge in [0.05, 0.1) is 6.61 Å². The zero-order chi connectivity index (χ0) is 15.2. The van der Waals surface area contributed by atoms with Gasteiger partial charge in [-0.3, -0.25) is 4.79 Å². The number of anilines is 1. The number of ketones is 1. The number of nitrogen functional groups attached to an aromatic ring is 1. The normalized spacial score (nSPS) is 15.4. The lowest BCUT2D eigenvalue weighted by atomic mass is 9.85. The number of rotatable bonds is 2. The number of nitrogens with two attached hydrogens (primary N) is 1. The van der Waals surface area contributed by atoms with Crippen LogP contribution in [0.25, 0.3) is 0 Å². The molecular weight excluding hydrogens is 262 g/mol. The van der Waals surface area contributed by atoms with E-state index in [2.05, 4.69) is 13.8 Å². The second-order valence-corrected chi connectivity index (χ2v) is 6.29. The Morgan fingerprint density at radius 1 is 1.19 bits per heavy atom. The summed E-state index contributed by atoms with van der Waals surface area (Å²) in [5.41, 5.74) is 9.72. The molecule has 2 aromatic carbocycles. The van der Waals surface area contributed by atoms with E-state index in [4.69, 9.17) is 10.5 Å². The summed E-state index contributed by atoms with van der Waals surface area (Å²) >= 11 is 0. The van der Waals surface area contributed by atoms with Crippen molar-refractivity contribution in [2.24, 2.45) is 0 Å². The molecule has 0 fully saturated rings. The first kappa shape index (κ1) is 13.7. The molecule has 1 aliphatic rings. The van der Waals surface area contributed by atoms with Crippen LogP contribution in [-0.4, -0.2) is 12.4 Å². The summed E-state index contributed by atoms with van der Waals surface area (Å²) < 4.78 is 5.67. The summed E-state index contributed by atoms with van der Waals surface area (Å²) in [6.07, 6.45) is 0. The van der Waals surface area contributed by atoms with Gasteiger partial charge in [-0.1, -0.05) is 19.9 Å². The Labute approximate surface area is 124 Å². The Hall–Kier alpha value is -2.29. The number of hydrogen-bond acceptors (Lipinski definition) is 3. The molecule has 0 bridgehead atoms. The summed E-state index contributed by atoms with van der Waals surface area (Å²) in [5.74, 6) is 0.881. The van der Waals surface area contributed by atoms with E-state index in [1.807, 2.05) is 37.3 Å². The van der Waals surface area contributed by atoms with Gasteiger partial charge in [-0.25, -0.2) is 0 Å². The van der Waals surface area contributed by atoms with Gasteiger partial charge in [-0.15, -0.1) is 0 Å². The van der Waals surface area contributed by atoms with Crippen LogP contribution in [0.3, 0.4) is 0 Å². The molecule has 0 amide bonds. The molecular formula is C18H19NO2. The number of ether oxygens (including phenoxy) is 1. The van der Waals surface area contributed by atoms with Crippen molar-refractivity contribution in [3.63, 3.8) is 0 Å². The molecule has 0 aromatic heterocycles. The first-order valence-corrected chi connectivity index (χ1v) is 7.07. The van der Waals surface area contributed by atoms with Crippen molar-refractivity contribution in [2.45, 2.75) is 26.2 Å². The molecule has 1 aliphatic heterocycles. The van der Waals surface area contributed by atoms with Gasteiger partial charge in [0.15, 0.2) is 5.78 Å². The van der Waals surface area contributed by atoms with Crippen molar-refractivity contribution in [1.82, 2.24) is 0 Å². The van der Waals surface area contributed by atoms with E-state index in [1.165, 1.54) is 0 Å². The maximum absolute atomic E-state index is 12.7. The fourth-order valence-corrected chi connectivity index (χ4v) is 2.70. The Balaban J connectivity index is 2.06. The van der Waals surface area contributed by atoms with Crippen molar-refractivity contribution in [2.75, 3.05) is 12.3 Å². The first-order valence-electron chi connectivity index (χ1n) is 7.07. The Bertz CT molecular complexity index is 732. The summed E-state index contributed by atoms with van der Waals surface area (Å²) in [7, 11) is 0. The fraction of sp³-hybridized carbons (Fsp3) is 0.278. The van der Waals surface area contributed by atoms with E-state index in [1.54, 1.807) is 6.07 Å². The quantitative estimate of drug-likeness (QED) is 0.677. The monoisotopic (exact) mass is 281 g/mol. The molecule has 0 saturated carbocycles. The first-order chi connectivity index (χ1) is 9.88. The van der Waals surface area contributed by atoms with Crippen LogP contribution in [0.15, 0.2) is 36.4 Å². The van der Waals surface area contributed by atoms with Gasteiger partial charge in [-0.05, 0) is 42.8 Å². The van der Waals surface area contributed by atoms with Crippen molar-refractivity contribution < 1.29 is 9.53 Å². The van der Waals surface area contributed by atoms with E-state index in [9.17, 15) is 4.79 Å². The van der Waals surface area contributed by atoms with Crippen molar-refractivity contribution in [1.29, 1.82) is 0 Å². The van der Waals surface area contributed by atoms with Crippen LogP contribution < -0.4 is 10.5 Å². The number of carbonyl (C=O) groups excluding carboxylic acids is 1. The van der Waals surface area contributed by atoms with Gasteiger partial charge in [0.25, 0.3) is 0 Å². The van der Waals surface area contributed by atoms with Gasteiger partial charge in [0, 0.05) is 27.8 Å². The third-order valence-electron chi connectivity index (χ3n) is 4.07. The maximum atomic E-state index is 12.7. The van der Waals surface area contributed by atoms with E-state index in [0.717, 1.165) is 16.9 Å². The average molecular weight is 281 g/mol.